The lowest BCUT2D eigenvalue weighted by atomic mass is 9.75. The lowest BCUT2D eigenvalue weighted by Crippen LogP contribution is -2.68. The maximum Gasteiger partial charge on any atom is 0.225 e. The molecular formula is C21H27N3O3S. The summed E-state index contributed by atoms with van der Waals surface area (Å²) in [5, 5.41) is 10.8. The molecule has 150 valence electrons. The van der Waals surface area contributed by atoms with Crippen LogP contribution < -0.4 is 4.74 Å². The first kappa shape index (κ1) is 17.6. The Morgan fingerprint density at radius 3 is 2.71 bits per heavy atom. The predicted octanol–water partition coefficient (Wildman–Crippen LogP) is 2.74. The van der Waals surface area contributed by atoms with Crippen molar-refractivity contribution < 1.29 is 14.6 Å². The Hall–Kier alpha value is -1.28. The molecular weight excluding hydrogens is 374 g/mol. The van der Waals surface area contributed by atoms with Gasteiger partial charge in [-0.3, -0.25) is 4.90 Å². The third kappa shape index (κ3) is 2.70. The molecule has 0 radical (unpaired) electrons. The van der Waals surface area contributed by atoms with Gasteiger partial charge in [0.15, 0.2) is 0 Å². The molecule has 7 heteroatoms. The zero-order valence-corrected chi connectivity index (χ0v) is 16.9. The predicted molar refractivity (Wildman–Crippen MR) is 107 cm³/mol. The zero-order chi connectivity index (χ0) is 18.7. The van der Waals surface area contributed by atoms with Crippen molar-refractivity contribution in [3.05, 3.63) is 16.8 Å². The van der Waals surface area contributed by atoms with Crippen molar-refractivity contribution in [1.82, 2.24) is 14.9 Å². The number of aryl methyl sites for hydroxylation is 1. The molecule has 0 bridgehead atoms. The number of likely N-dealkylation sites (tertiary alicyclic amines) is 1. The van der Waals surface area contributed by atoms with Gasteiger partial charge in [0.25, 0.3) is 0 Å². The summed E-state index contributed by atoms with van der Waals surface area (Å²) >= 11 is 1.74. The van der Waals surface area contributed by atoms with Crippen LogP contribution in [0.5, 0.6) is 5.88 Å². The van der Waals surface area contributed by atoms with Crippen molar-refractivity contribution in [2.24, 2.45) is 5.41 Å². The molecule has 28 heavy (non-hydrogen) atoms. The lowest BCUT2D eigenvalue weighted by molar-refractivity contribution is -0.201. The first-order valence-corrected chi connectivity index (χ1v) is 11.4. The first-order chi connectivity index (χ1) is 13.7. The largest absolute Gasteiger partial charge is 0.474 e. The Kier molecular flexibility index (Phi) is 4.15. The van der Waals surface area contributed by atoms with E-state index in [1.807, 2.05) is 0 Å². The van der Waals surface area contributed by atoms with E-state index >= 15 is 0 Å². The van der Waals surface area contributed by atoms with Gasteiger partial charge in [-0.05, 0) is 44.1 Å². The fraction of sp³-hybridized carbons (Fsp3) is 0.714. The number of aliphatic hydroxyl groups excluding tert-OH is 1. The summed E-state index contributed by atoms with van der Waals surface area (Å²) in [6.07, 6.45) is 8.51. The van der Waals surface area contributed by atoms with Crippen LogP contribution in [-0.2, 0) is 11.2 Å². The van der Waals surface area contributed by atoms with E-state index in [1.165, 1.54) is 36.4 Å². The number of rotatable bonds is 4. The Bertz CT molecular complexity index is 880. The topological polar surface area (TPSA) is 67.7 Å². The molecule has 1 spiro atoms. The van der Waals surface area contributed by atoms with Gasteiger partial charge in [0, 0.05) is 35.3 Å². The normalized spacial score (nSPS) is 31.5. The van der Waals surface area contributed by atoms with Crippen LogP contribution in [0.15, 0.2) is 6.33 Å². The Morgan fingerprint density at radius 2 is 2.00 bits per heavy atom. The summed E-state index contributed by atoms with van der Waals surface area (Å²) in [5.41, 5.74) is 1.75. The van der Waals surface area contributed by atoms with Crippen molar-refractivity contribution in [3.8, 4) is 5.88 Å². The molecule has 3 fully saturated rings. The summed E-state index contributed by atoms with van der Waals surface area (Å²) in [6.45, 7) is 4.57. The number of hydrogen-bond acceptors (Lipinski definition) is 7. The van der Waals surface area contributed by atoms with Gasteiger partial charge >= 0.3 is 0 Å². The monoisotopic (exact) mass is 401 g/mol. The SMILES string of the molecule is OC[C@H]1CCc2sc3ncnc(O[C@H]4CC[C@H](N5CC6(COC6)C5)CC4)c3c21. The molecule has 2 aliphatic heterocycles. The van der Waals surface area contributed by atoms with Gasteiger partial charge in [-0.25, -0.2) is 9.97 Å². The van der Waals surface area contributed by atoms with Gasteiger partial charge in [0.2, 0.25) is 5.88 Å². The van der Waals surface area contributed by atoms with E-state index in [9.17, 15) is 5.11 Å². The van der Waals surface area contributed by atoms with Gasteiger partial charge in [0.05, 0.1) is 25.2 Å². The van der Waals surface area contributed by atoms with Crippen molar-refractivity contribution >= 4 is 21.6 Å². The minimum Gasteiger partial charge on any atom is -0.474 e. The van der Waals surface area contributed by atoms with Crippen LogP contribution >= 0.6 is 11.3 Å². The molecule has 2 saturated heterocycles. The summed E-state index contributed by atoms with van der Waals surface area (Å²) in [5.74, 6) is 0.947. The second kappa shape index (κ2) is 6.62. The first-order valence-electron chi connectivity index (χ1n) is 10.6. The second-order valence-corrected chi connectivity index (χ2v) is 10.2. The van der Waals surface area contributed by atoms with Gasteiger partial charge in [-0.2, -0.15) is 0 Å². The highest BCUT2D eigenvalue weighted by Gasteiger charge is 2.50. The van der Waals surface area contributed by atoms with E-state index in [2.05, 4.69) is 14.9 Å². The van der Waals surface area contributed by atoms with Crippen LogP contribution in [0.1, 0.15) is 48.5 Å². The van der Waals surface area contributed by atoms with Crippen LogP contribution in [0.3, 0.4) is 0 Å². The molecule has 1 atom stereocenters. The van der Waals surface area contributed by atoms with Crippen molar-refractivity contribution in [1.29, 1.82) is 0 Å². The number of ether oxygens (including phenoxy) is 2. The summed E-state index contributed by atoms with van der Waals surface area (Å²) < 4.78 is 11.8. The number of aliphatic hydroxyl groups is 1. The number of nitrogens with zero attached hydrogens (tertiary/aromatic N) is 3. The highest BCUT2D eigenvalue weighted by molar-refractivity contribution is 7.19. The van der Waals surface area contributed by atoms with Gasteiger partial charge in [0.1, 0.15) is 17.3 Å². The van der Waals surface area contributed by atoms with Crippen LogP contribution in [0, 0.1) is 5.41 Å². The van der Waals surface area contributed by atoms with Crippen LogP contribution in [0.4, 0.5) is 0 Å². The molecule has 0 unspecified atom stereocenters. The Morgan fingerprint density at radius 1 is 1.18 bits per heavy atom. The fourth-order valence-electron chi connectivity index (χ4n) is 5.65. The van der Waals surface area contributed by atoms with Gasteiger partial charge in [-0.1, -0.05) is 0 Å². The molecule has 2 aliphatic carbocycles. The van der Waals surface area contributed by atoms with E-state index in [0.717, 1.165) is 55.0 Å². The zero-order valence-electron chi connectivity index (χ0n) is 16.1. The number of hydrogen-bond donors (Lipinski definition) is 1. The maximum atomic E-state index is 9.78. The fourth-order valence-corrected chi connectivity index (χ4v) is 6.88. The third-order valence-corrected chi connectivity index (χ3v) is 8.42. The minimum atomic E-state index is 0.195. The van der Waals surface area contributed by atoms with Crippen LogP contribution in [0.25, 0.3) is 10.2 Å². The van der Waals surface area contributed by atoms with E-state index < -0.39 is 0 Å². The molecule has 6 rings (SSSR count). The maximum absolute atomic E-state index is 9.78. The van der Waals surface area contributed by atoms with Gasteiger partial charge in [-0.15, -0.1) is 11.3 Å². The van der Waals surface area contributed by atoms with E-state index in [-0.39, 0.29) is 18.6 Å². The molecule has 6 nitrogen and oxygen atoms in total. The molecule has 0 aromatic carbocycles. The highest BCUT2D eigenvalue weighted by Crippen LogP contribution is 2.46. The Labute approximate surface area is 168 Å². The van der Waals surface area contributed by atoms with E-state index in [0.29, 0.717) is 11.5 Å². The standard InChI is InChI=1S/C21H27N3O3S/c25-7-13-1-6-16-17(13)18-19(22-12-23-20(18)28-16)27-15-4-2-14(3-5-15)24-8-21(9-24)10-26-11-21/h12-15,25H,1-11H2/t13-,14-,15-/m1/s1. The molecule has 2 aromatic rings. The summed E-state index contributed by atoms with van der Waals surface area (Å²) in [4.78, 5) is 14.0. The molecule has 1 saturated carbocycles. The highest BCUT2D eigenvalue weighted by atomic mass is 32.1. The molecule has 4 heterocycles. The number of thiophene rings is 1. The molecule has 0 amide bonds. The number of fused-ring (bicyclic) bond motifs is 3. The molecule has 4 aliphatic rings. The Balaban J connectivity index is 1.15. The van der Waals surface area contributed by atoms with Crippen molar-refractivity contribution in [3.63, 3.8) is 0 Å². The average Bonchev–Trinajstić information content (AvgIpc) is 3.20. The molecule has 2 aromatic heterocycles. The summed E-state index contributed by atoms with van der Waals surface area (Å²) in [6, 6.07) is 0.709. The second-order valence-electron chi connectivity index (χ2n) is 9.16. The van der Waals surface area contributed by atoms with E-state index in [1.54, 1.807) is 17.7 Å². The van der Waals surface area contributed by atoms with Crippen LogP contribution in [0.2, 0.25) is 0 Å². The quantitative estimate of drug-likeness (QED) is 0.850. The molecule has 1 N–H and O–H groups in total. The summed E-state index contributed by atoms with van der Waals surface area (Å²) in [7, 11) is 0. The average molecular weight is 402 g/mol. The van der Waals surface area contributed by atoms with Crippen molar-refractivity contribution in [2.45, 2.75) is 56.6 Å². The van der Waals surface area contributed by atoms with Crippen LogP contribution in [-0.4, -0.2) is 65.0 Å². The van der Waals surface area contributed by atoms with Gasteiger partial charge < -0.3 is 14.6 Å². The lowest BCUT2D eigenvalue weighted by Gasteiger charge is -2.58. The minimum absolute atomic E-state index is 0.195. The number of aromatic nitrogens is 2. The van der Waals surface area contributed by atoms with Crippen molar-refractivity contribution in [2.75, 3.05) is 32.9 Å². The smallest absolute Gasteiger partial charge is 0.225 e. The van der Waals surface area contributed by atoms with E-state index in [4.69, 9.17) is 9.47 Å². The third-order valence-electron chi connectivity index (χ3n) is 7.25.